The number of pyridine rings is 1. The third kappa shape index (κ3) is 3.89. The number of anilines is 2. The third-order valence-electron chi connectivity index (χ3n) is 4.86. The van der Waals surface area contributed by atoms with Crippen LogP contribution in [0.1, 0.15) is 19.8 Å². The Morgan fingerprint density at radius 3 is 2.86 bits per heavy atom. The molecule has 4 rings (SSSR count). The largest absolute Gasteiger partial charge is 0.494 e. The summed E-state index contributed by atoms with van der Waals surface area (Å²) in [5.41, 5.74) is 1.51. The summed E-state index contributed by atoms with van der Waals surface area (Å²) in [6, 6.07) is 11.1. The van der Waals surface area contributed by atoms with E-state index in [1.165, 1.54) is 0 Å². The molecule has 0 radical (unpaired) electrons. The van der Waals surface area contributed by atoms with Crippen molar-refractivity contribution in [3.63, 3.8) is 0 Å². The lowest BCUT2D eigenvalue weighted by Crippen LogP contribution is -2.41. The van der Waals surface area contributed by atoms with Crippen LogP contribution in [0.25, 0.3) is 5.65 Å². The number of benzene rings is 1. The highest BCUT2D eigenvalue weighted by Gasteiger charge is 2.28. The van der Waals surface area contributed by atoms with Crippen LogP contribution in [0.5, 0.6) is 5.75 Å². The zero-order valence-electron chi connectivity index (χ0n) is 15.6. The highest BCUT2D eigenvalue weighted by molar-refractivity contribution is 6.30. The summed E-state index contributed by atoms with van der Waals surface area (Å²) in [5, 5.41) is 12.1. The Bertz CT molecular complexity index is 972. The molecule has 1 N–H and O–H groups in total. The molecule has 1 atom stereocenters. The van der Waals surface area contributed by atoms with Gasteiger partial charge in [-0.15, -0.1) is 10.2 Å². The van der Waals surface area contributed by atoms with E-state index >= 15 is 0 Å². The Hall–Kier alpha value is -2.80. The van der Waals surface area contributed by atoms with Crippen molar-refractivity contribution in [2.45, 2.75) is 19.8 Å². The van der Waals surface area contributed by atoms with E-state index in [0.717, 1.165) is 42.4 Å². The van der Waals surface area contributed by atoms with E-state index in [1.807, 2.05) is 41.7 Å². The fourth-order valence-electron chi connectivity index (χ4n) is 3.49. The number of nitrogens with one attached hydrogen (secondary N) is 1. The molecule has 1 aliphatic heterocycles. The lowest BCUT2D eigenvalue weighted by atomic mass is 9.97. The molecular formula is C20H22ClN5O2. The molecule has 7 nitrogen and oxygen atoms in total. The van der Waals surface area contributed by atoms with Gasteiger partial charge in [0.1, 0.15) is 5.75 Å². The van der Waals surface area contributed by atoms with E-state index in [-0.39, 0.29) is 11.8 Å². The van der Waals surface area contributed by atoms with Crippen LogP contribution >= 0.6 is 11.6 Å². The molecule has 0 aliphatic carbocycles. The smallest absolute Gasteiger partial charge is 0.231 e. The Balaban J connectivity index is 1.45. The SMILES string of the molecule is CCOc1ccc(NC(=O)C2CCCN(c3nnc4ccc(Cl)cn34)C2)cc1. The van der Waals surface area contributed by atoms with Crippen molar-refractivity contribution < 1.29 is 9.53 Å². The Kier molecular flexibility index (Phi) is 5.34. The van der Waals surface area contributed by atoms with E-state index in [0.29, 0.717) is 18.2 Å². The fraction of sp³-hybridized carbons (Fsp3) is 0.350. The predicted molar refractivity (Wildman–Crippen MR) is 109 cm³/mol. The number of carbonyl (C=O) groups excluding carboxylic acids is 1. The average molecular weight is 400 g/mol. The second kappa shape index (κ2) is 8.06. The maximum absolute atomic E-state index is 12.8. The van der Waals surface area contributed by atoms with Gasteiger partial charge in [0.25, 0.3) is 0 Å². The lowest BCUT2D eigenvalue weighted by Gasteiger charge is -2.32. The molecule has 0 saturated carbocycles. The van der Waals surface area contributed by atoms with Crippen LogP contribution in [-0.4, -0.2) is 40.2 Å². The first-order valence-electron chi connectivity index (χ1n) is 9.43. The second-order valence-corrected chi connectivity index (χ2v) is 7.24. The Morgan fingerprint density at radius 1 is 1.25 bits per heavy atom. The molecule has 8 heteroatoms. The molecule has 1 unspecified atom stereocenters. The normalized spacial score (nSPS) is 16.9. The predicted octanol–water partition coefficient (Wildman–Crippen LogP) is 3.64. The van der Waals surface area contributed by atoms with Crippen LogP contribution in [0.15, 0.2) is 42.6 Å². The van der Waals surface area contributed by atoms with Crippen LogP contribution in [0, 0.1) is 5.92 Å². The van der Waals surface area contributed by atoms with E-state index in [1.54, 1.807) is 12.3 Å². The standard InChI is InChI=1S/C20H22ClN5O2/c1-2-28-17-8-6-16(7-9-17)22-19(27)14-4-3-11-25(12-14)20-24-23-18-10-5-15(21)13-26(18)20/h5-10,13-14H,2-4,11-12H2,1H3,(H,22,27). The number of rotatable bonds is 5. The summed E-state index contributed by atoms with van der Waals surface area (Å²) in [7, 11) is 0. The molecule has 3 heterocycles. The number of aromatic nitrogens is 3. The maximum atomic E-state index is 12.8. The number of nitrogens with zero attached hydrogens (tertiary/aromatic N) is 4. The van der Waals surface area contributed by atoms with Gasteiger partial charge in [0.05, 0.1) is 17.5 Å². The number of hydrogen-bond acceptors (Lipinski definition) is 5. The molecule has 1 aromatic carbocycles. The van der Waals surface area contributed by atoms with Gasteiger partial charge >= 0.3 is 0 Å². The topological polar surface area (TPSA) is 71.8 Å². The summed E-state index contributed by atoms with van der Waals surface area (Å²) in [5.74, 6) is 1.41. The molecule has 1 amide bonds. The molecule has 1 saturated heterocycles. The van der Waals surface area contributed by atoms with Gasteiger partial charge in [-0.3, -0.25) is 9.20 Å². The van der Waals surface area contributed by atoms with Crippen LogP contribution < -0.4 is 15.0 Å². The number of halogens is 1. The summed E-state index contributed by atoms with van der Waals surface area (Å²) in [6.07, 6.45) is 3.56. The van der Waals surface area contributed by atoms with Crippen LogP contribution in [-0.2, 0) is 4.79 Å². The van der Waals surface area contributed by atoms with Crippen molar-refractivity contribution in [2.75, 3.05) is 29.9 Å². The van der Waals surface area contributed by atoms with Gasteiger partial charge < -0.3 is 15.0 Å². The lowest BCUT2D eigenvalue weighted by molar-refractivity contribution is -0.120. The molecule has 146 valence electrons. The van der Waals surface area contributed by atoms with Crippen molar-refractivity contribution in [3.05, 3.63) is 47.6 Å². The van der Waals surface area contributed by atoms with E-state index < -0.39 is 0 Å². The molecule has 1 aliphatic rings. The van der Waals surface area contributed by atoms with Crippen LogP contribution in [0.3, 0.4) is 0 Å². The van der Waals surface area contributed by atoms with E-state index in [4.69, 9.17) is 16.3 Å². The summed E-state index contributed by atoms with van der Waals surface area (Å²) in [6.45, 7) is 3.99. The first-order chi connectivity index (χ1) is 13.6. The zero-order valence-corrected chi connectivity index (χ0v) is 16.4. The van der Waals surface area contributed by atoms with Gasteiger partial charge in [0, 0.05) is 25.0 Å². The Labute approximate surface area is 168 Å². The average Bonchev–Trinajstić information content (AvgIpc) is 3.13. The zero-order chi connectivity index (χ0) is 19.5. The molecule has 2 aromatic heterocycles. The first kappa shape index (κ1) is 18.6. The third-order valence-corrected chi connectivity index (χ3v) is 5.08. The van der Waals surface area contributed by atoms with Gasteiger partial charge in [-0.2, -0.15) is 0 Å². The number of carbonyl (C=O) groups is 1. The summed E-state index contributed by atoms with van der Waals surface area (Å²) in [4.78, 5) is 14.9. The van der Waals surface area contributed by atoms with Gasteiger partial charge in [0.2, 0.25) is 11.9 Å². The number of ether oxygens (including phenoxy) is 1. The van der Waals surface area contributed by atoms with E-state index in [9.17, 15) is 4.79 Å². The fourth-order valence-corrected chi connectivity index (χ4v) is 3.65. The minimum Gasteiger partial charge on any atom is -0.494 e. The van der Waals surface area contributed by atoms with Crippen LogP contribution in [0.4, 0.5) is 11.6 Å². The monoisotopic (exact) mass is 399 g/mol. The van der Waals surface area contributed by atoms with Crippen LogP contribution in [0.2, 0.25) is 5.02 Å². The molecular weight excluding hydrogens is 378 g/mol. The minimum atomic E-state index is -0.119. The van der Waals surface area contributed by atoms with E-state index in [2.05, 4.69) is 20.4 Å². The number of amides is 1. The molecule has 0 spiro atoms. The maximum Gasteiger partial charge on any atom is 0.231 e. The van der Waals surface area contributed by atoms with Crippen molar-refractivity contribution in [2.24, 2.45) is 5.92 Å². The summed E-state index contributed by atoms with van der Waals surface area (Å²) >= 11 is 6.12. The highest BCUT2D eigenvalue weighted by atomic mass is 35.5. The second-order valence-electron chi connectivity index (χ2n) is 6.81. The van der Waals surface area contributed by atoms with Gasteiger partial charge in [-0.25, -0.2) is 0 Å². The highest BCUT2D eigenvalue weighted by Crippen LogP contribution is 2.25. The number of hydrogen-bond donors (Lipinski definition) is 1. The van der Waals surface area contributed by atoms with Gasteiger partial charge in [-0.1, -0.05) is 11.6 Å². The van der Waals surface area contributed by atoms with Crippen molar-refractivity contribution in [1.29, 1.82) is 0 Å². The first-order valence-corrected chi connectivity index (χ1v) is 9.81. The molecule has 0 bridgehead atoms. The molecule has 1 fully saturated rings. The molecule has 28 heavy (non-hydrogen) atoms. The number of fused-ring (bicyclic) bond motifs is 1. The van der Waals surface area contributed by atoms with Gasteiger partial charge in [0.15, 0.2) is 5.65 Å². The molecule has 3 aromatic rings. The number of piperidine rings is 1. The quantitative estimate of drug-likeness (QED) is 0.709. The van der Waals surface area contributed by atoms with Crippen molar-refractivity contribution in [3.8, 4) is 5.75 Å². The summed E-state index contributed by atoms with van der Waals surface area (Å²) < 4.78 is 7.31. The minimum absolute atomic E-state index is 0.0145. The van der Waals surface area contributed by atoms with Gasteiger partial charge in [-0.05, 0) is 56.2 Å². The Morgan fingerprint density at radius 2 is 2.07 bits per heavy atom. The van der Waals surface area contributed by atoms with Crippen molar-refractivity contribution in [1.82, 2.24) is 14.6 Å². The van der Waals surface area contributed by atoms with Crippen molar-refractivity contribution >= 4 is 34.8 Å².